The number of aromatic nitrogens is 2. The molecule has 2 amide bonds. The van der Waals surface area contributed by atoms with Gasteiger partial charge in [0.1, 0.15) is 16.1 Å². The highest BCUT2D eigenvalue weighted by atomic mass is 32.1. The van der Waals surface area contributed by atoms with Crippen molar-refractivity contribution in [2.45, 2.75) is 38.1 Å². The van der Waals surface area contributed by atoms with Crippen molar-refractivity contribution in [1.29, 1.82) is 0 Å². The summed E-state index contributed by atoms with van der Waals surface area (Å²) in [6.07, 6.45) is -0.626. The van der Waals surface area contributed by atoms with Crippen LogP contribution in [-0.4, -0.2) is 51.1 Å². The first kappa shape index (κ1) is 18.2. The van der Waals surface area contributed by atoms with Gasteiger partial charge in [-0.3, -0.25) is 0 Å². The van der Waals surface area contributed by atoms with Gasteiger partial charge in [-0.05, 0) is 19.9 Å². The number of hydrogen-bond acceptors (Lipinski definition) is 8. The first-order chi connectivity index (χ1) is 10.3. The third-order valence-electron chi connectivity index (χ3n) is 2.75. The lowest BCUT2D eigenvalue weighted by Crippen LogP contribution is -2.46. The van der Waals surface area contributed by atoms with Crippen LogP contribution in [0.3, 0.4) is 0 Å². The largest absolute Gasteiger partial charge is 0.480 e. The Hall–Kier alpha value is -1.82. The van der Waals surface area contributed by atoms with Gasteiger partial charge in [0.25, 0.3) is 0 Å². The average molecular weight is 332 g/mol. The third-order valence-corrected chi connectivity index (χ3v) is 3.77. The maximum absolute atomic E-state index is 11.6. The highest BCUT2D eigenvalue weighted by Gasteiger charge is 2.20. The molecule has 0 spiro atoms. The molecule has 0 aliphatic rings. The number of carbonyl (C=O) groups excluding carboxylic acids is 1. The standard InChI is InChI=1S/C11H20N6O4S/c1-5(18)8(13)9-17-16-7(22-9)4-14-11(21)15-6(2-3-12)10(19)20/h5-6,8,18H,2-4,12-13H2,1H3,(H,19,20)(H2,14,15,21). The predicted octanol–water partition coefficient (Wildman–Crippen LogP) is -1.48. The Morgan fingerprint density at radius 3 is 2.64 bits per heavy atom. The van der Waals surface area contributed by atoms with E-state index in [-0.39, 0.29) is 19.5 Å². The number of rotatable bonds is 8. The molecule has 11 heteroatoms. The van der Waals surface area contributed by atoms with Gasteiger partial charge in [0.15, 0.2) is 0 Å². The molecule has 10 nitrogen and oxygen atoms in total. The van der Waals surface area contributed by atoms with E-state index in [4.69, 9.17) is 16.6 Å². The second kappa shape index (κ2) is 8.58. The summed E-state index contributed by atoms with van der Waals surface area (Å²) in [6.45, 7) is 1.76. The third kappa shape index (κ3) is 5.52. The number of nitrogens with zero attached hydrogens (tertiary/aromatic N) is 2. The maximum atomic E-state index is 11.6. The van der Waals surface area contributed by atoms with Crippen LogP contribution in [0.25, 0.3) is 0 Å². The lowest BCUT2D eigenvalue weighted by Gasteiger charge is -2.13. The molecular formula is C11H20N6O4S. The number of carbonyl (C=O) groups is 2. The molecule has 0 fully saturated rings. The number of nitrogens with two attached hydrogens (primary N) is 2. The lowest BCUT2D eigenvalue weighted by atomic mass is 10.2. The second-order valence-corrected chi connectivity index (χ2v) is 5.69. The number of aliphatic hydroxyl groups is 1. The van der Waals surface area contributed by atoms with Gasteiger partial charge in [0.05, 0.1) is 18.7 Å². The number of carboxylic acids is 1. The summed E-state index contributed by atoms with van der Waals surface area (Å²) < 4.78 is 0. The summed E-state index contributed by atoms with van der Waals surface area (Å²) >= 11 is 1.16. The van der Waals surface area contributed by atoms with E-state index in [2.05, 4.69) is 20.8 Å². The maximum Gasteiger partial charge on any atom is 0.326 e. The zero-order valence-corrected chi connectivity index (χ0v) is 12.8. The van der Waals surface area contributed by atoms with Crippen LogP contribution in [0, 0.1) is 0 Å². The fourth-order valence-electron chi connectivity index (χ4n) is 1.47. The fourth-order valence-corrected chi connectivity index (χ4v) is 2.35. The molecule has 0 bridgehead atoms. The van der Waals surface area contributed by atoms with Crippen molar-refractivity contribution in [3.05, 3.63) is 10.0 Å². The quantitative estimate of drug-likeness (QED) is 0.334. The smallest absolute Gasteiger partial charge is 0.326 e. The van der Waals surface area contributed by atoms with Gasteiger partial charge in [0, 0.05) is 0 Å². The summed E-state index contributed by atoms with van der Waals surface area (Å²) in [5.74, 6) is -1.15. The van der Waals surface area contributed by atoms with Crippen molar-refractivity contribution >= 4 is 23.3 Å². The van der Waals surface area contributed by atoms with Crippen molar-refractivity contribution in [1.82, 2.24) is 20.8 Å². The summed E-state index contributed by atoms with van der Waals surface area (Å²) in [5.41, 5.74) is 11.0. The zero-order chi connectivity index (χ0) is 16.7. The Morgan fingerprint density at radius 2 is 2.09 bits per heavy atom. The molecule has 1 rings (SSSR count). The van der Waals surface area contributed by atoms with Gasteiger partial charge < -0.3 is 32.3 Å². The van der Waals surface area contributed by atoms with Crippen LogP contribution in [0.1, 0.15) is 29.4 Å². The first-order valence-corrected chi connectivity index (χ1v) is 7.40. The number of amides is 2. The molecule has 22 heavy (non-hydrogen) atoms. The van der Waals surface area contributed by atoms with E-state index < -0.39 is 30.2 Å². The number of hydrogen-bond donors (Lipinski definition) is 6. The molecule has 0 aliphatic heterocycles. The van der Waals surface area contributed by atoms with Crippen molar-refractivity contribution in [2.24, 2.45) is 11.5 Å². The van der Waals surface area contributed by atoms with E-state index in [9.17, 15) is 14.7 Å². The van der Waals surface area contributed by atoms with E-state index in [1.165, 1.54) is 0 Å². The van der Waals surface area contributed by atoms with Crippen molar-refractivity contribution in [3.63, 3.8) is 0 Å². The molecular weight excluding hydrogens is 312 g/mol. The minimum absolute atomic E-state index is 0.0744. The van der Waals surface area contributed by atoms with Gasteiger partial charge in [-0.25, -0.2) is 9.59 Å². The topological polar surface area (TPSA) is 176 Å². The van der Waals surface area contributed by atoms with E-state index >= 15 is 0 Å². The van der Waals surface area contributed by atoms with Gasteiger partial charge >= 0.3 is 12.0 Å². The summed E-state index contributed by atoms with van der Waals surface area (Å²) in [6, 6.07) is -2.32. The van der Waals surface area contributed by atoms with Crippen LogP contribution in [0.15, 0.2) is 0 Å². The number of aliphatic hydroxyl groups excluding tert-OH is 1. The highest BCUT2D eigenvalue weighted by molar-refractivity contribution is 7.11. The van der Waals surface area contributed by atoms with Crippen LogP contribution in [0.5, 0.6) is 0 Å². The van der Waals surface area contributed by atoms with E-state index in [0.29, 0.717) is 10.0 Å². The molecule has 124 valence electrons. The van der Waals surface area contributed by atoms with Gasteiger partial charge in [-0.1, -0.05) is 11.3 Å². The molecule has 3 atom stereocenters. The lowest BCUT2D eigenvalue weighted by molar-refractivity contribution is -0.139. The van der Waals surface area contributed by atoms with Crippen LogP contribution in [-0.2, 0) is 11.3 Å². The molecule has 0 saturated heterocycles. The number of nitrogens with one attached hydrogen (secondary N) is 2. The minimum atomic E-state index is -1.15. The molecule has 0 saturated carbocycles. The SMILES string of the molecule is CC(O)C(N)c1nnc(CNC(=O)NC(CCN)C(=O)O)s1. The van der Waals surface area contributed by atoms with Crippen LogP contribution in [0.4, 0.5) is 4.79 Å². The predicted molar refractivity (Wildman–Crippen MR) is 79.0 cm³/mol. The number of urea groups is 1. The molecule has 1 aromatic rings. The summed E-state index contributed by atoms with van der Waals surface area (Å²) in [4.78, 5) is 22.5. The Morgan fingerprint density at radius 1 is 1.41 bits per heavy atom. The Kier molecular flexibility index (Phi) is 7.11. The van der Waals surface area contributed by atoms with Gasteiger partial charge in [-0.2, -0.15) is 0 Å². The summed E-state index contributed by atoms with van der Waals surface area (Å²) in [7, 11) is 0. The average Bonchev–Trinajstić information content (AvgIpc) is 2.92. The normalized spacial score (nSPS) is 14.9. The van der Waals surface area contributed by atoms with E-state index in [1.807, 2.05) is 0 Å². The fraction of sp³-hybridized carbons (Fsp3) is 0.636. The molecule has 0 aromatic carbocycles. The van der Waals surface area contributed by atoms with Crippen molar-refractivity contribution in [3.8, 4) is 0 Å². The van der Waals surface area contributed by atoms with Crippen LogP contribution < -0.4 is 22.1 Å². The van der Waals surface area contributed by atoms with Crippen molar-refractivity contribution in [2.75, 3.05) is 6.54 Å². The Labute approximate surface area is 130 Å². The first-order valence-electron chi connectivity index (χ1n) is 6.58. The zero-order valence-electron chi connectivity index (χ0n) is 12.0. The molecule has 1 heterocycles. The van der Waals surface area contributed by atoms with Gasteiger partial charge in [-0.15, -0.1) is 10.2 Å². The molecule has 1 aromatic heterocycles. The number of carboxylic acid groups (broad SMARTS) is 1. The summed E-state index contributed by atoms with van der Waals surface area (Å²) in [5, 5.41) is 31.7. The molecule has 0 radical (unpaired) electrons. The monoisotopic (exact) mass is 332 g/mol. The molecule has 0 aliphatic carbocycles. The Bertz CT molecular complexity index is 509. The van der Waals surface area contributed by atoms with Gasteiger partial charge in [0.2, 0.25) is 0 Å². The van der Waals surface area contributed by atoms with E-state index in [0.717, 1.165) is 11.3 Å². The number of aliphatic carboxylic acids is 1. The highest BCUT2D eigenvalue weighted by Crippen LogP contribution is 2.18. The van der Waals surface area contributed by atoms with E-state index in [1.54, 1.807) is 6.92 Å². The van der Waals surface area contributed by atoms with Crippen LogP contribution >= 0.6 is 11.3 Å². The van der Waals surface area contributed by atoms with Crippen LogP contribution in [0.2, 0.25) is 0 Å². The minimum Gasteiger partial charge on any atom is -0.480 e. The second-order valence-electron chi connectivity index (χ2n) is 4.60. The molecule has 3 unspecified atom stereocenters. The van der Waals surface area contributed by atoms with Crippen molar-refractivity contribution < 1.29 is 19.8 Å². The Balaban J connectivity index is 2.49. The molecule has 8 N–H and O–H groups in total.